The van der Waals surface area contributed by atoms with Gasteiger partial charge in [0.2, 0.25) is 0 Å². The van der Waals surface area contributed by atoms with Crippen molar-refractivity contribution in [1.82, 2.24) is 9.55 Å². The molecule has 0 saturated heterocycles. The maximum absolute atomic E-state index is 11.7. The smallest absolute Gasteiger partial charge is 0.328 e. The predicted molar refractivity (Wildman–Crippen MR) is 126 cm³/mol. The molecule has 0 saturated carbocycles. The molecule has 1 heterocycles. The highest BCUT2D eigenvalue weighted by molar-refractivity contribution is 4.94. The number of hydrogen-bond acceptors (Lipinski definition) is 3. The van der Waals surface area contributed by atoms with Crippen molar-refractivity contribution in [3.63, 3.8) is 0 Å². The number of aromatic nitrogens is 2. The first-order valence-corrected chi connectivity index (χ1v) is 12.4. The molecule has 0 bridgehead atoms. The van der Waals surface area contributed by atoms with Crippen LogP contribution < -0.4 is 11.2 Å². The minimum Gasteiger partial charge on any atom is -0.381 e. The van der Waals surface area contributed by atoms with Crippen LogP contribution >= 0.6 is 0 Å². The van der Waals surface area contributed by atoms with Crippen molar-refractivity contribution in [2.75, 3.05) is 13.2 Å². The first-order valence-electron chi connectivity index (χ1n) is 12.4. The van der Waals surface area contributed by atoms with Crippen molar-refractivity contribution < 1.29 is 4.74 Å². The van der Waals surface area contributed by atoms with Gasteiger partial charge in [0.1, 0.15) is 0 Å². The molecular formula is C25H45N2O3. The molecular weight excluding hydrogens is 376 g/mol. The van der Waals surface area contributed by atoms with Crippen LogP contribution in [0.1, 0.15) is 117 Å². The highest BCUT2D eigenvalue weighted by Crippen LogP contribution is 2.13. The van der Waals surface area contributed by atoms with Crippen LogP contribution in [0.4, 0.5) is 0 Å². The zero-order chi connectivity index (χ0) is 21.9. The lowest BCUT2D eigenvalue weighted by molar-refractivity contribution is 0.126. The molecule has 1 radical (unpaired) electrons. The molecule has 5 nitrogen and oxygen atoms in total. The SMILES string of the molecule is CCCCCCCCCCCCCCCCOCCC[C](C)n1ccc(=O)[nH]c1=O. The number of hydrogen-bond donors (Lipinski definition) is 1. The number of nitrogens with zero attached hydrogens (tertiary/aromatic N) is 1. The standard InChI is InChI=1S/C25H45N2O3/c1-3-4-5-6-7-8-9-10-11-12-13-14-15-16-21-30-22-17-18-23(2)27-20-19-24(28)26-25(27)29/h19-20H,3-18,21-22H2,1-2H3,(H,26,28,29). The maximum Gasteiger partial charge on any atom is 0.328 e. The second kappa shape index (κ2) is 18.4. The van der Waals surface area contributed by atoms with Crippen molar-refractivity contribution in [2.24, 2.45) is 0 Å². The molecule has 0 aliphatic carbocycles. The Bertz CT molecular complexity index is 623. The molecule has 1 aromatic rings. The number of aromatic amines is 1. The molecule has 1 N–H and O–H groups in total. The zero-order valence-corrected chi connectivity index (χ0v) is 19.6. The molecule has 0 fully saturated rings. The normalized spacial score (nSPS) is 11.4. The Labute approximate surface area is 183 Å². The number of rotatable bonds is 20. The number of unbranched alkanes of at least 4 members (excludes halogenated alkanes) is 13. The molecule has 0 spiro atoms. The van der Waals surface area contributed by atoms with Crippen LogP contribution in [0.15, 0.2) is 21.9 Å². The lowest BCUT2D eigenvalue weighted by Gasteiger charge is -2.13. The average molecular weight is 422 g/mol. The summed E-state index contributed by atoms with van der Waals surface area (Å²) >= 11 is 0. The highest BCUT2D eigenvalue weighted by Gasteiger charge is 2.07. The summed E-state index contributed by atoms with van der Waals surface area (Å²) in [4.78, 5) is 25.1. The Morgan fingerprint density at radius 3 is 1.83 bits per heavy atom. The predicted octanol–water partition coefficient (Wildman–Crippen LogP) is 6.21. The van der Waals surface area contributed by atoms with Gasteiger partial charge < -0.3 is 4.74 Å². The van der Waals surface area contributed by atoms with Crippen molar-refractivity contribution in [2.45, 2.75) is 117 Å². The lowest BCUT2D eigenvalue weighted by Crippen LogP contribution is -2.31. The Balaban J connectivity index is 1.82. The number of H-pyrrole nitrogens is 1. The fourth-order valence-corrected chi connectivity index (χ4v) is 3.77. The van der Waals surface area contributed by atoms with Gasteiger partial charge in [-0.1, -0.05) is 90.4 Å². The van der Waals surface area contributed by atoms with E-state index < -0.39 is 0 Å². The second-order valence-corrected chi connectivity index (χ2v) is 8.53. The monoisotopic (exact) mass is 421 g/mol. The summed E-state index contributed by atoms with van der Waals surface area (Å²) in [6.07, 6.45) is 22.4. The van der Waals surface area contributed by atoms with Crippen molar-refractivity contribution in [1.29, 1.82) is 0 Å². The van der Waals surface area contributed by atoms with Gasteiger partial charge >= 0.3 is 5.69 Å². The van der Waals surface area contributed by atoms with E-state index in [0.29, 0.717) is 6.61 Å². The van der Waals surface area contributed by atoms with Crippen molar-refractivity contribution in [3.8, 4) is 0 Å². The second-order valence-electron chi connectivity index (χ2n) is 8.53. The van der Waals surface area contributed by atoms with Gasteiger partial charge in [-0.15, -0.1) is 0 Å². The van der Waals surface area contributed by atoms with Crippen LogP contribution in [0, 0.1) is 6.04 Å². The van der Waals surface area contributed by atoms with Gasteiger partial charge in [-0.05, 0) is 26.2 Å². The summed E-state index contributed by atoms with van der Waals surface area (Å²) in [6, 6.07) is 2.30. The van der Waals surface area contributed by atoms with E-state index in [1.807, 2.05) is 6.92 Å². The van der Waals surface area contributed by atoms with Gasteiger partial charge in [-0.2, -0.15) is 0 Å². The van der Waals surface area contributed by atoms with E-state index in [4.69, 9.17) is 4.74 Å². The van der Waals surface area contributed by atoms with Gasteiger partial charge in [0.25, 0.3) is 5.56 Å². The van der Waals surface area contributed by atoms with Gasteiger partial charge in [-0.3, -0.25) is 14.3 Å². The lowest BCUT2D eigenvalue weighted by atomic mass is 10.0. The van der Waals surface area contributed by atoms with E-state index in [0.717, 1.165) is 31.9 Å². The highest BCUT2D eigenvalue weighted by atomic mass is 16.5. The Morgan fingerprint density at radius 1 is 0.800 bits per heavy atom. The molecule has 5 heteroatoms. The molecule has 0 unspecified atom stereocenters. The van der Waals surface area contributed by atoms with Crippen LogP contribution in [0.2, 0.25) is 0 Å². The van der Waals surface area contributed by atoms with Gasteiger partial charge in [-0.25, -0.2) is 4.79 Å². The van der Waals surface area contributed by atoms with Gasteiger partial charge in [0.15, 0.2) is 0 Å². The third kappa shape index (κ3) is 13.8. The fourth-order valence-electron chi connectivity index (χ4n) is 3.77. The fraction of sp³-hybridized carbons (Fsp3) is 0.800. The third-order valence-corrected chi connectivity index (χ3v) is 5.70. The number of ether oxygens (including phenoxy) is 1. The van der Waals surface area contributed by atoms with Crippen LogP contribution in [-0.4, -0.2) is 22.8 Å². The summed E-state index contributed by atoms with van der Waals surface area (Å²) in [6.45, 7) is 5.73. The first-order chi connectivity index (χ1) is 14.6. The quantitative estimate of drug-likeness (QED) is 0.254. The largest absolute Gasteiger partial charge is 0.381 e. The average Bonchev–Trinajstić information content (AvgIpc) is 2.72. The van der Waals surface area contributed by atoms with Crippen molar-refractivity contribution in [3.05, 3.63) is 39.1 Å². The molecule has 1 aromatic heterocycles. The summed E-state index contributed by atoms with van der Waals surface area (Å²) in [5, 5.41) is 0. The summed E-state index contributed by atoms with van der Waals surface area (Å²) in [5.74, 6) is 0. The summed E-state index contributed by atoms with van der Waals surface area (Å²) < 4.78 is 7.21. The third-order valence-electron chi connectivity index (χ3n) is 5.70. The van der Waals surface area contributed by atoms with E-state index in [-0.39, 0.29) is 11.2 Å². The molecule has 0 aliphatic heterocycles. The Kier molecular flexibility index (Phi) is 16.4. The molecule has 0 atom stereocenters. The molecule has 173 valence electrons. The topological polar surface area (TPSA) is 64.1 Å². The van der Waals surface area contributed by atoms with Gasteiger partial charge in [0.05, 0.1) is 6.04 Å². The molecule has 0 aliphatic rings. The minimum absolute atomic E-state index is 0.361. The summed E-state index contributed by atoms with van der Waals surface area (Å²) in [7, 11) is 0. The molecule has 30 heavy (non-hydrogen) atoms. The van der Waals surface area contributed by atoms with E-state index >= 15 is 0 Å². The molecule has 1 rings (SSSR count). The summed E-state index contributed by atoms with van der Waals surface area (Å²) in [5.41, 5.74) is -0.733. The van der Waals surface area contributed by atoms with Gasteiger partial charge in [0, 0.05) is 25.5 Å². The van der Waals surface area contributed by atoms with Crippen LogP contribution in [0.25, 0.3) is 0 Å². The molecule has 0 aromatic carbocycles. The van der Waals surface area contributed by atoms with E-state index in [1.54, 1.807) is 0 Å². The van der Waals surface area contributed by atoms with Crippen LogP contribution in [0.3, 0.4) is 0 Å². The number of nitrogens with one attached hydrogen (secondary N) is 1. The molecule has 0 amide bonds. The first kappa shape index (κ1) is 26.7. The van der Waals surface area contributed by atoms with E-state index in [2.05, 4.69) is 11.9 Å². The van der Waals surface area contributed by atoms with E-state index in [1.165, 1.54) is 100 Å². The van der Waals surface area contributed by atoms with E-state index in [9.17, 15) is 9.59 Å². The minimum atomic E-state index is -0.372. The maximum atomic E-state index is 11.7. The zero-order valence-electron chi connectivity index (χ0n) is 19.6. The van der Waals surface area contributed by atoms with Crippen LogP contribution in [0.5, 0.6) is 0 Å². The Morgan fingerprint density at radius 2 is 1.30 bits per heavy atom. The van der Waals surface area contributed by atoms with Crippen LogP contribution in [-0.2, 0) is 4.74 Å². The Hall–Kier alpha value is -1.36. The van der Waals surface area contributed by atoms with Crippen molar-refractivity contribution >= 4 is 0 Å².